The molecule has 0 aliphatic rings. The number of hydrogen-bond donors (Lipinski definition) is 1. The first-order valence-corrected chi connectivity index (χ1v) is 5.93. The van der Waals surface area contributed by atoms with E-state index in [1.54, 1.807) is 13.0 Å². The fourth-order valence-electron chi connectivity index (χ4n) is 1.81. The average Bonchev–Trinajstić information content (AvgIpc) is 2.41. The molecule has 0 bridgehead atoms. The summed E-state index contributed by atoms with van der Waals surface area (Å²) < 4.78 is 19.0. The van der Waals surface area contributed by atoms with Gasteiger partial charge in [0, 0.05) is 18.2 Å². The van der Waals surface area contributed by atoms with Crippen molar-refractivity contribution in [2.45, 2.75) is 13.5 Å². The van der Waals surface area contributed by atoms with Crippen LogP contribution in [0.5, 0.6) is 11.5 Å². The van der Waals surface area contributed by atoms with Crippen molar-refractivity contribution < 1.29 is 14.1 Å². The summed E-state index contributed by atoms with van der Waals surface area (Å²) in [4.78, 5) is 10.5. The molecule has 2 rings (SSSR count). The SMILES string of the molecule is Cc1ccc(Oc2cccc(F)c2CN)c([N+](=O)[O-])c1. The molecule has 0 aliphatic carbocycles. The molecule has 0 radical (unpaired) electrons. The van der Waals surface area contributed by atoms with E-state index in [2.05, 4.69) is 0 Å². The first-order valence-electron chi connectivity index (χ1n) is 5.93. The molecule has 2 aromatic carbocycles. The maximum absolute atomic E-state index is 13.6. The van der Waals surface area contributed by atoms with Crippen molar-refractivity contribution in [2.75, 3.05) is 0 Å². The third-order valence-corrected chi connectivity index (χ3v) is 2.81. The van der Waals surface area contributed by atoms with E-state index in [0.29, 0.717) is 0 Å². The summed E-state index contributed by atoms with van der Waals surface area (Å²) in [7, 11) is 0. The fraction of sp³-hybridized carbons (Fsp3) is 0.143. The van der Waals surface area contributed by atoms with Gasteiger partial charge in [-0.3, -0.25) is 10.1 Å². The Kier molecular flexibility index (Phi) is 3.95. The van der Waals surface area contributed by atoms with Crippen LogP contribution in [-0.2, 0) is 6.54 Å². The van der Waals surface area contributed by atoms with Gasteiger partial charge in [0.25, 0.3) is 0 Å². The second-order valence-electron chi connectivity index (χ2n) is 4.25. The third-order valence-electron chi connectivity index (χ3n) is 2.81. The lowest BCUT2D eigenvalue weighted by molar-refractivity contribution is -0.385. The van der Waals surface area contributed by atoms with Gasteiger partial charge in [-0.25, -0.2) is 4.39 Å². The highest BCUT2D eigenvalue weighted by Crippen LogP contribution is 2.34. The monoisotopic (exact) mass is 276 g/mol. The number of hydrogen-bond acceptors (Lipinski definition) is 4. The molecular formula is C14H13FN2O3. The second-order valence-corrected chi connectivity index (χ2v) is 4.25. The number of ether oxygens (including phenoxy) is 1. The number of nitrogens with zero attached hydrogens (tertiary/aromatic N) is 1. The highest BCUT2D eigenvalue weighted by Gasteiger charge is 2.17. The molecule has 20 heavy (non-hydrogen) atoms. The Morgan fingerprint density at radius 1 is 1.30 bits per heavy atom. The van der Waals surface area contributed by atoms with E-state index >= 15 is 0 Å². The minimum Gasteiger partial charge on any atom is -0.450 e. The van der Waals surface area contributed by atoms with Crippen molar-refractivity contribution in [3.63, 3.8) is 0 Å². The molecule has 104 valence electrons. The van der Waals surface area contributed by atoms with E-state index in [4.69, 9.17) is 10.5 Å². The molecule has 0 saturated carbocycles. The van der Waals surface area contributed by atoms with Gasteiger partial charge in [-0.1, -0.05) is 12.1 Å². The summed E-state index contributed by atoms with van der Waals surface area (Å²) in [6, 6.07) is 8.82. The molecule has 0 spiro atoms. The summed E-state index contributed by atoms with van der Waals surface area (Å²) in [6.45, 7) is 1.69. The number of benzene rings is 2. The Morgan fingerprint density at radius 3 is 2.70 bits per heavy atom. The largest absolute Gasteiger partial charge is 0.450 e. The molecule has 0 amide bonds. The molecule has 0 atom stereocenters. The predicted octanol–water partition coefficient (Wildman–Crippen LogP) is 3.29. The Hall–Kier alpha value is -2.47. The quantitative estimate of drug-likeness (QED) is 0.686. The molecule has 2 N–H and O–H groups in total. The molecule has 6 heteroatoms. The van der Waals surface area contributed by atoms with Gasteiger partial charge in [-0.2, -0.15) is 0 Å². The van der Waals surface area contributed by atoms with Crippen molar-refractivity contribution in [3.05, 3.63) is 63.5 Å². The van der Waals surface area contributed by atoms with Crippen LogP contribution in [-0.4, -0.2) is 4.92 Å². The number of nitro benzene ring substituents is 1. The number of rotatable bonds is 4. The zero-order valence-corrected chi connectivity index (χ0v) is 10.8. The molecule has 0 aliphatic heterocycles. The number of nitrogens with two attached hydrogens (primary N) is 1. The van der Waals surface area contributed by atoms with Crippen molar-refractivity contribution >= 4 is 5.69 Å². The fourth-order valence-corrected chi connectivity index (χ4v) is 1.81. The van der Waals surface area contributed by atoms with Crippen molar-refractivity contribution in [3.8, 4) is 11.5 Å². The summed E-state index contributed by atoms with van der Waals surface area (Å²) in [6.07, 6.45) is 0. The first kappa shape index (κ1) is 14.0. The lowest BCUT2D eigenvalue weighted by Crippen LogP contribution is -2.03. The molecule has 0 saturated heterocycles. The van der Waals surface area contributed by atoms with Crippen LogP contribution in [0.3, 0.4) is 0 Å². The van der Waals surface area contributed by atoms with Crippen molar-refractivity contribution in [1.82, 2.24) is 0 Å². The lowest BCUT2D eigenvalue weighted by atomic mass is 10.2. The first-order chi connectivity index (χ1) is 9.52. The summed E-state index contributed by atoms with van der Waals surface area (Å²) in [5.41, 5.74) is 6.23. The van der Waals surface area contributed by atoms with Crippen molar-refractivity contribution in [1.29, 1.82) is 0 Å². The standard InChI is InChI=1S/C14H13FN2O3/c1-9-5-6-14(12(7-9)17(18)19)20-13-4-2-3-11(15)10(13)8-16/h2-7H,8,16H2,1H3. The molecule has 0 fully saturated rings. The maximum Gasteiger partial charge on any atom is 0.311 e. The summed E-state index contributed by atoms with van der Waals surface area (Å²) in [5, 5.41) is 11.0. The van der Waals surface area contributed by atoms with E-state index < -0.39 is 10.7 Å². The Bertz CT molecular complexity index is 659. The summed E-state index contributed by atoms with van der Waals surface area (Å²) >= 11 is 0. The number of halogens is 1. The Balaban J connectivity index is 2.45. The van der Waals surface area contributed by atoms with E-state index in [9.17, 15) is 14.5 Å². The number of nitro groups is 1. The molecule has 5 nitrogen and oxygen atoms in total. The van der Waals surface area contributed by atoms with Gasteiger partial charge in [-0.15, -0.1) is 0 Å². The van der Waals surface area contributed by atoms with Crippen LogP contribution in [0.15, 0.2) is 36.4 Å². The van der Waals surface area contributed by atoms with Crippen LogP contribution in [0.2, 0.25) is 0 Å². The smallest absolute Gasteiger partial charge is 0.311 e. The second kappa shape index (κ2) is 5.66. The highest BCUT2D eigenvalue weighted by atomic mass is 19.1. The predicted molar refractivity (Wildman–Crippen MR) is 72.2 cm³/mol. The zero-order valence-electron chi connectivity index (χ0n) is 10.8. The van der Waals surface area contributed by atoms with E-state index in [-0.39, 0.29) is 29.3 Å². The molecule has 0 heterocycles. The van der Waals surface area contributed by atoms with Gasteiger partial charge in [0.15, 0.2) is 0 Å². The van der Waals surface area contributed by atoms with Crippen LogP contribution >= 0.6 is 0 Å². The van der Waals surface area contributed by atoms with Gasteiger partial charge in [0.2, 0.25) is 5.75 Å². The van der Waals surface area contributed by atoms with E-state index in [1.807, 2.05) is 0 Å². The molecule has 0 unspecified atom stereocenters. The minimum absolute atomic E-state index is 0.0539. The van der Waals surface area contributed by atoms with E-state index in [0.717, 1.165) is 5.56 Å². The number of aryl methyl sites for hydroxylation is 1. The van der Waals surface area contributed by atoms with Crippen LogP contribution in [0.25, 0.3) is 0 Å². The van der Waals surface area contributed by atoms with Gasteiger partial charge in [0.1, 0.15) is 11.6 Å². The normalized spacial score (nSPS) is 10.3. The highest BCUT2D eigenvalue weighted by molar-refractivity contribution is 5.51. The average molecular weight is 276 g/mol. The van der Waals surface area contributed by atoms with Gasteiger partial charge >= 0.3 is 5.69 Å². The topological polar surface area (TPSA) is 78.4 Å². The molecule has 2 aromatic rings. The van der Waals surface area contributed by atoms with Gasteiger partial charge < -0.3 is 10.5 Å². The Labute approximate surface area is 114 Å². The third kappa shape index (κ3) is 2.75. The van der Waals surface area contributed by atoms with Crippen LogP contribution in [0.1, 0.15) is 11.1 Å². The van der Waals surface area contributed by atoms with Gasteiger partial charge in [-0.05, 0) is 30.7 Å². The zero-order chi connectivity index (χ0) is 14.7. The molecule has 0 aromatic heterocycles. The lowest BCUT2D eigenvalue weighted by Gasteiger charge is -2.11. The van der Waals surface area contributed by atoms with Crippen LogP contribution in [0, 0.1) is 22.9 Å². The summed E-state index contributed by atoms with van der Waals surface area (Å²) in [5.74, 6) is -0.264. The maximum atomic E-state index is 13.6. The van der Waals surface area contributed by atoms with Crippen LogP contribution < -0.4 is 10.5 Å². The van der Waals surface area contributed by atoms with Crippen molar-refractivity contribution in [2.24, 2.45) is 5.73 Å². The molecular weight excluding hydrogens is 263 g/mol. The van der Waals surface area contributed by atoms with Gasteiger partial charge in [0.05, 0.1) is 4.92 Å². The Morgan fingerprint density at radius 2 is 2.05 bits per heavy atom. The van der Waals surface area contributed by atoms with Crippen LogP contribution in [0.4, 0.5) is 10.1 Å². The van der Waals surface area contributed by atoms with E-state index in [1.165, 1.54) is 30.3 Å². The minimum atomic E-state index is -0.538.